The van der Waals surface area contributed by atoms with E-state index in [2.05, 4.69) is 65.1 Å². The molecule has 150 valence electrons. The van der Waals surface area contributed by atoms with Gasteiger partial charge in [-0.05, 0) is 54.3 Å². The number of aromatic nitrogens is 2. The third-order valence-electron chi connectivity index (χ3n) is 5.17. The van der Waals surface area contributed by atoms with Gasteiger partial charge in [-0.2, -0.15) is 11.8 Å². The number of imidazole rings is 1. The monoisotopic (exact) mass is 405 g/mol. The maximum Gasteiger partial charge on any atom is 0.124 e. The molecular weight excluding hydrogens is 378 g/mol. The van der Waals surface area contributed by atoms with Crippen LogP contribution in [0.15, 0.2) is 60.7 Å². The van der Waals surface area contributed by atoms with E-state index in [0.29, 0.717) is 6.61 Å². The SMILES string of the molecule is CCOc1ccc2ccccc2c1CNC(CCSC)c1nc2ccccc2[nH]1. The van der Waals surface area contributed by atoms with Crippen LogP contribution >= 0.6 is 11.8 Å². The highest BCUT2D eigenvalue weighted by Crippen LogP contribution is 2.29. The van der Waals surface area contributed by atoms with Crippen LogP contribution in [0.5, 0.6) is 5.75 Å². The number of hydrogen-bond acceptors (Lipinski definition) is 4. The number of benzene rings is 3. The molecule has 1 unspecified atom stereocenters. The first kappa shape index (κ1) is 19.8. The minimum atomic E-state index is 0.156. The van der Waals surface area contributed by atoms with Crippen molar-refractivity contribution in [2.75, 3.05) is 18.6 Å². The van der Waals surface area contributed by atoms with Crippen molar-refractivity contribution in [1.82, 2.24) is 15.3 Å². The molecule has 1 aromatic heterocycles. The Hall–Kier alpha value is -2.50. The van der Waals surface area contributed by atoms with Crippen LogP contribution in [0.1, 0.15) is 30.8 Å². The minimum Gasteiger partial charge on any atom is -0.494 e. The summed E-state index contributed by atoms with van der Waals surface area (Å²) in [5.41, 5.74) is 3.30. The largest absolute Gasteiger partial charge is 0.494 e. The van der Waals surface area contributed by atoms with Crippen LogP contribution in [0, 0.1) is 0 Å². The second-order valence-electron chi connectivity index (χ2n) is 7.05. The van der Waals surface area contributed by atoms with Crippen LogP contribution < -0.4 is 10.1 Å². The fourth-order valence-electron chi connectivity index (χ4n) is 3.72. The average molecular weight is 406 g/mol. The number of para-hydroxylation sites is 2. The lowest BCUT2D eigenvalue weighted by Gasteiger charge is -2.19. The van der Waals surface area contributed by atoms with Gasteiger partial charge in [0, 0.05) is 12.1 Å². The molecule has 0 saturated heterocycles. The Labute approximate surface area is 176 Å². The highest BCUT2D eigenvalue weighted by molar-refractivity contribution is 7.98. The van der Waals surface area contributed by atoms with Gasteiger partial charge in [-0.3, -0.25) is 0 Å². The van der Waals surface area contributed by atoms with E-state index in [1.165, 1.54) is 16.3 Å². The molecule has 0 radical (unpaired) electrons. The van der Waals surface area contributed by atoms with Crippen molar-refractivity contribution in [2.45, 2.75) is 25.9 Å². The van der Waals surface area contributed by atoms with Crippen LogP contribution in [0.2, 0.25) is 0 Å². The summed E-state index contributed by atoms with van der Waals surface area (Å²) < 4.78 is 5.94. The van der Waals surface area contributed by atoms with E-state index in [1.807, 2.05) is 30.8 Å². The summed E-state index contributed by atoms with van der Waals surface area (Å²) in [6.07, 6.45) is 3.16. The van der Waals surface area contributed by atoms with Crippen molar-refractivity contribution in [1.29, 1.82) is 0 Å². The molecule has 0 amide bonds. The maximum atomic E-state index is 5.94. The maximum absolute atomic E-state index is 5.94. The van der Waals surface area contributed by atoms with Gasteiger partial charge < -0.3 is 15.0 Å². The third kappa shape index (κ3) is 4.41. The molecule has 1 heterocycles. The van der Waals surface area contributed by atoms with Gasteiger partial charge in [0.2, 0.25) is 0 Å². The first-order valence-corrected chi connectivity index (χ1v) is 11.5. The van der Waals surface area contributed by atoms with Crippen LogP contribution in [-0.2, 0) is 6.54 Å². The van der Waals surface area contributed by atoms with E-state index >= 15 is 0 Å². The Morgan fingerprint density at radius 3 is 2.72 bits per heavy atom. The first-order valence-electron chi connectivity index (χ1n) is 10.1. The number of fused-ring (bicyclic) bond motifs is 2. The van der Waals surface area contributed by atoms with E-state index < -0.39 is 0 Å². The van der Waals surface area contributed by atoms with Crippen molar-refractivity contribution < 1.29 is 4.74 Å². The van der Waals surface area contributed by atoms with E-state index in [0.717, 1.165) is 41.3 Å². The van der Waals surface area contributed by atoms with Gasteiger partial charge in [0.15, 0.2) is 0 Å². The standard InChI is InChI=1S/C24H27N3OS/c1-3-28-23-13-12-17-8-4-5-9-18(17)19(23)16-25-22(14-15-29-2)24-26-20-10-6-7-11-21(20)27-24/h4-13,22,25H,3,14-16H2,1-2H3,(H,26,27). The van der Waals surface area contributed by atoms with Crippen molar-refractivity contribution in [3.8, 4) is 5.75 Å². The summed E-state index contributed by atoms with van der Waals surface area (Å²) in [6.45, 7) is 3.42. The number of hydrogen-bond donors (Lipinski definition) is 2. The number of ether oxygens (including phenoxy) is 1. The van der Waals surface area contributed by atoms with E-state index in [4.69, 9.17) is 9.72 Å². The molecule has 3 aromatic carbocycles. The Morgan fingerprint density at radius 2 is 1.90 bits per heavy atom. The molecule has 0 fully saturated rings. The second-order valence-corrected chi connectivity index (χ2v) is 8.04. The molecule has 4 nitrogen and oxygen atoms in total. The summed E-state index contributed by atoms with van der Waals surface area (Å²) in [5.74, 6) is 3.02. The lowest BCUT2D eigenvalue weighted by Crippen LogP contribution is -2.23. The van der Waals surface area contributed by atoms with Gasteiger partial charge in [-0.25, -0.2) is 4.98 Å². The molecule has 0 bridgehead atoms. The van der Waals surface area contributed by atoms with Crippen molar-refractivity contribution in [3.05, 3.63) is 72.1 Å². The fraction of sp³-hybridized carbons (Fsp3) is 0.292. The summed E-state index contributed by atoms with van der Waals surface area (Å²) in [5, 5.41) is 6.22. The van der Waals surface area contributed by atoms with E-state index in [1.54, 1.807) is 0 Å². The Kier molecular flexibility index (Phi) is 6.37. The Balaban J connectivity index is 1.64. The van der Waals surface area contributed by atoms with Crippen LogP contribution in [0.25, 0.3) is 21.8 Å². The molecule has 4 aromatic rings. The lowest BCUT2D eigenvalue weighted by atomic mass is 10.0. The van der Waals surface area contributed by atoms with Crippen molar-refractivity contribution >= 4 is 33.6 Å². The summed E-state index contributed by atoms with van der Waals surface area (Å²) in [4.78, 5) is 8.34. The minimum absolute atomic E-state index is 0.156. The highest BCUT2D eigenvalue weighted by atomic mass is 32.2. The van der Waals surface area contributed by atoms with Gasteiger partial charge in [0.25, 0.3) is 0 Å². The molecule has 0 spiro atoms. The molecule has 0 saturated carbocycles. The lowest BCUT2D eigenvalue weighted by molar-refractivity contribution is 0.335. The molecular formula is C24H27N3OS. The molecule has 29 heavy (non-hydrogen) atoms. The molecule has 0 aliphatic heterocycles. The predicted molar refractivity (Wildman–Crippen MR) is 124 cm³/mol. The van der Waals surface area contributed by atoms with Crippen LogP contribution in [-0.4, -0.2) is 28.6 Å². The highest BCUT2D eigenvalue weighted by Gasteiger charge is 2.17. The van der Waals surface area contributed by atoms with Crippen molar-refractivity contribution in [2.24, 2.45) is 0 Å². The summed E-state index contributed by atoms with van der Waals surface area (Å²) in [6, 6.07) is 21.1. The van der Waals surface area contributed by atoms with Gasteiger partial charge in [-0.1, -0.05) is 42.5 Å². The fourth-order valence-corrected chi connectivity index (χ4v) is 4.19. The van der Waals surface area contributed by atoms with E-state index in [-0.39, 0.29) is 6.04 Å². The quantitative estimate of drug-likeness (QED) is 0.375. The topological polar surface area (TPSA) is 49.9 Å². The summed E-state index contributed by atoms with van der Waals surface area (Å²) >= 11 is 1.86. The normalized spacial score (nSPS) is 12.5. The molecule has 1 atom stereocenters. The van der Waals surface area contributed by atoms with Crippen LogP contribution in [0.4, 0.5) is 0 Å². The third-order valence-corrected chi connectivity index (χ3v) is 5.82. The zero-order chi connectivity index (χ0) is 20.1. The van der Waals surface area contributed by atoms with Crippen LogP contribution in [0.3, 0.4) is 0 Å². The molecule has 5 heteroatoms. The average Bonchev–Trinajstić information content (AvgIpc) is 3.19. The Morgan fingerprint density at radius 1 is 1.07 bits per heavy atom. The number of nitrogens with one attached hydrogen (secondary N) is 2. The predicted octanol–water partition coefficient (Wildman–Crippen LogP) is 5.70. The number of aromatic amines is 1. The van der Waals surface area contributed by atoms with E-state index in [9.17, 15) is 0 Å². The smallest absolute Gasteiger partial charge is 0.124 e. The Bertz CT molecular complexity index is 1060. The number of nitrogens with zero attached hydrogens (tertiary/aromatic N) is 1. The zero-order valence-corrected chi connectivity index (χ0v) is 17.8. The molecule has 0 aliphatic carbocycles. The molecule has 4 rings (SSSR count). The van der Waals surface area contributed by atoms with Crippen molar-refractivity contribution in [3.63, 3.8) is 0 Å². The first-order chi connectivity index (χ1) is 14.3. The van der Waals surface area contributed by atoms with Gasteiger partial charge in [-0.15, -0.1) is 0 Å². The number of rotatable bonds is 9. The molecule has 2 N–H and O–H groups in total. The number of H-pyrrole nitrogens is 1. The zero-order valence-electron chi connectivity index (χ0n) is 16.9. The van der Waals surface area contributed by atoms with Gasteiger partial charge in [0.1, 0.15) is 11.6 Å². The summed E-state index contributed by atoms with van der Waals surface area (Å²) in [7, 11) is 0. The second kappa shape index (κ2) is 9.33. The molecule has 0 aliphatic rings. The van der Waals surface area contributed by atoms with Gasteiger partial charge in [0.05, 0.1) is 23.7 Å². The van der Waals surface area contributed by atoms with Gasteiger partial charge >= 0.3 is 0 Å². The number of thioether (sulfide) groups is 1.